The van der Waals surface area contributed by atoms with Crippen LogP contribution in [0.4, 0.5) is 5.69 Å². The number of pyridine rings is 1. The van der Waals surface area contributed by atoms with E-state index in [1.807, 2.05) is 0 Å². The Kier molecular flexibility index (Phi) is 7.38. The summed E-state index contributed by atoms with van der Waals surface area (Å²) in [4.78, 5) is 15.5. The largest absolute Gasteiger partial charge is 0.475 e. The number of nitrogens with zero attached hydrogens (tertiary/aromatic N) is 1. The van der Waals surface area contributed by atoms with E-state index in [0.29, 0.717) is 25.5 Å². The minimum Gasteiger partial charge on any atom is -0.475 e. The Labute approximate surface area is 118 Å². The number of hydrogen-bond donors (Lipinski definition) is 1. The van der Waals surface area contributed by atoms with Gasteiger partial charge in [0.2, 0.25) is 5.88 Å². The molecule has 1 heterocycles. The van der Waals surface area contributed by atoms with E-state index < -0.39 is 5.97 Å². The Morgan fingerprint density at radius 1 is 1.25 bits per heavy atom. The van der Waals surface area contributed by atoms with Crippen molar-refractivity contribution in [2.24, 2.45) is 0 Å². The molecule has 1 rings (SSSR count). The maximum Gasteiger partial charge on any atom is 0.343 e. The van der Waals surface area contributed by atoms with Crippen molar-refractivity contribution in [3.8, 4) is 5.88 Å². The number of anilines is 1. The first-order valence-corrected chi connectivity index (χ1v) is 6.22. The third-order valence-electron chi connectivity index (χ3n) is 2.38. The lowest BCUT2D eigenvalue weighted by Crippen LogP contribution is -2.13. The van der Waals surface area contributed by atoms with Gasteiger partial charge < -0.3 is 24.7 Å². The van der Waals surface area contributed by atoms with Gasteiger partial charge in [-0.1, -0.05) is 0 Å². The highest BCUT2D eigenvalue weighted by Crippen LogP contribution is 2.18. The molecule has 0 atom stereocenters. The molecule has 7 nitrogen and oxygen atoms in total. The van der Waals surface area contributed by atoms with Crippen LogP contribution in [0.15, 0.2) is 12.3 Å². The number of nitrogens with two attached hydrogens (primary N) is 1. The van der Waals surface area contributed by atoms with E-state index in [1.54, 1.807) is 7.11 Å². The smallest absolute Gasteiger partial charge is 0.343 e. The summed E-state index contributed by atoms with van der Waals surface area (Å²) >= 11 is 0. The first-order chi connectivity index (χ1) is 9.69. The molecule has 1 aromatic rings. The zero-order valence-electron chi connectivity index (χ0n) is 11.8. The minimum atomic E-state index is -0.541. The number of carbonyl (C=O) groups is 1. The van der Waals surface area contributed by atoms with E-state index in [1.165, 1.54) is 19.4 Å². The van der Waals surface area contributed by atoms with Gasteiger partial charge in [-0.3, -0.25) is 0 Å². The van der Waals surface area contributed by atoms with Gasteiger partial charge in [-0.05, 0) is 12.5 Å². The maximum absolute atomic E-state index is 11.6. The van der Waals surface area contributed by atoms with Crippen LogP contribution in [0, 0.1) is 0 Å². The standard InChI is InChI=1S/C13H20N2O5/c1-17-4-3-5-19-6-7-20-12-11(13(16)18-2)8-10(14)9-15-12/h8-9H,3-7,14H2,1-2H3. The Morgan fingerprint density at radius 3 is 2.75 bits per heavy atom. The normalized spacial score (nSPS) is 10.3. The SMILES string of the molecule is COCCCOCCOc1ncc(N)cc1C(=O)OC. The molecule has 112 valence electrons. The van der Waals surface area contributed by atoms with Gasteiger partial charge in [-0.25, -0.2) is 9.78 Å². The average molecular weight is 284 g/mol. The number of methoxy groups -OCH3 is 2. The van der Waals surface area contributed by atoms with Crippen molar-refractivity contribution in [2.45, 2.75) is 6.42 Å². The fourth-order valence-electron chi connectivity index (χ4n) is 1.44. The molecule has 0 saturated heterocycles. The van der Waals surface area contributed by atoms with Crippen LogP contribution in [-0.4, -0.2) is 51.6 Å². The van der Waals surface area contributed by atoms with E-state index >= 15 is 0 Å². The van der Waals surface area contributed by atoms with Gasteiger partial charge in [0.25, 0.3) is 0 Å². The third kappa shape index (κ3) is 5.41. The van der Waals surface area contributed by atoms with Crippen LogP contribution >= 0.6 is 0 Å². The lowest BCUT2D eigenvalue weighted by molar-refractivity contribution is 0.0585. The van der Waals surface area contributed by atoms with E-state index in [2.05, 4.69) is 9.72 Å². The first-order valence-electron chi connectivity index (χ1n) is 6.22. The summed E-state index contributed by atoms with van der Waals surface area (Å²) < 4.78 is 20.3. The summed E-state index contributed by atoms with van der Waals surface area (Å²) in [5.41, 5.74) is 6.15. The molecule has 0 aliphatic rings. The van der Waals surface area contributed by atoms with Gasteiger partial charge in [-0.15, -0.1) is 0 Å². The number of carbonyl (C=O) groups excluding carboxylic acids is 1. The van der Waals surface area contributed by atoms with E-state index in [-0.39, 0.29) is 18.1 Å². The molecule has 0 amide bonds. The number of esters is 1. The fourth-order valence-corrected chi connectivity index (χ4v) is 1.44. The first kappa shape index (κ1) is 16.2. The minimum absolute atomic E-state index is 0.187. The van der Waals surface area contributed by atoms with E-state index in [0.717, 1.165) is 6.42 Å². The molecule has 0 bridgehead atoms. The summed E-state index contributed by atoms with van der Waals surface area (Å²) in [6, 6.07) is 1.47. The predicted octanol–water partition coefficient (Wildman–Crippen LogP) is 0.882. The number of ether oxygens (including phenoxy) is 4. The fraction of sp³-hybridized carbons (Fsp3) is 0.538. The highest BCUT2D eigenvalue weighted by Gasteiger charge is 2.15. The van der Waals surface area contributed by atoms with Gasteiger partial charge in [0, 0.05) is 20.3 Å². The molecule has 0 aliphatic carbocycles. The number of rotatable bonds is 9. The van der Waals surface area contributed by atoms with Crippen LogP contribution in [0.5, 0.6) is 5.88 Å². The molecule has 1 aromatic heterocycles. The number of hydrogen-bond acceptors (Lipinski definition) is 7. The number of aromatic nitrogens is 1. The van der Waals surface area contributed by atoms with Crippen LogP contribution < -0.4 is 10.5 Å². The molecule has 0 radical (unpaired) electrons. The molecule has 2 N–H and O–H groups in total. The lowest BCUT2D eigenvalue weighted by atomic mass is 10.2. The third-order valence-corrected chi connectivity index (χ3v) is 2.38. The molecule has 0 aliphatic heterocycles. The zero-order valence-corrected chi connectivity index (χ0v) is 11.8. The van der Waals surface area contributed by atoms with Crippen LogP contribution in [-0.2, 0) is 14.2 Å². The molecular weight excluding hydrogens is 264 g/mol. The summed E-state index contributed by atoms with van der Waals surface area (Å²) in [6.45, 7) is 1.94. The molecule has 20 heavy (non-hydrogen) atoms. The van der Waals surface area contributed by atoms with Crippen molar-refractivity contribution >= 4 is 11.7 Å². The number of nitrogen functional groups attached to an aromatic ring is 1. The molecule has 0 aromatic carbocycles. The second kappa shape index (κ2) is 9.11. The highest BCUT2D eigenvalue weighted by atomic mass is 16.5. The van der Waals surface area contributed by atoms with Crippen molar-refractivity contribution in [3.63, 3.8) is 0 Å². The molecule has 7 heteroatoms. The van der Waals surface area contributed by atoms with Crippen molar-refractivity contribution in [3.05, 3.63) is 17.8 Å². The predicted molar refractivity (Wildman–Crippen MR) is 72.8 cm³/mol. The van der Waals surface area contributed by atoms with Gasteiger partial charge in [0.15, 0.2) is 0 Å². The quantitative estimate of drug-likeness (QED) is 0.531. The van der Waals surface area contributed by atoms with Crippen molar-refractivity contribution in [1.29, 1.82) is 0 Å². The lowest BCUT2D eigenvalue weighted by Gasteiger charge is -2.10. The van der Waals surface area contributed by atoms with Gasteiger partial charge in [0.05, 0.1) is 25.6 Å². The maximum atomic E-state index is 11.6. The molecule has 0 unspecified atom stereocenters. The van der Waals surface area contributed by atoms with Crippen LogP contribution in [0.3, 0.4) is 0 Å². The van der Waals surface area contributed by atoms with Crippen LogP contribution in [0.1, 0.15) is 16.8 Å². The molecular formula is C13H20N2O5. The van der Waals surface area contributed by atoms with Crippen molar-refractivity contribution in [2.75, 3.05) is 46.4 Å². The van der Waals surface area contributed by atoms with Crippen LogP contribution in [0.2, 0.25) is 0 Å². The van der Waals surface area contributed by atoms with Crippen molar-refractivity contribution < 1.29 is 23.7 Å². The second-order valence-corrected chi connectivity index (χ2v) is 3.92. The van der Waals surface area contributed by atoms with Crippen molar-refractivity contribution in [1.82, 2.24) is 4.98 Å². The zero-order chi connectivity index (χ0) is 14.8. The summed E-state index contributed by atoms with van der Waals surface area (Å²) in [5.74, 6) is -0.354. The molecule has 0 fully saturated rings. The molecule has 0 saturated carbocycles. The average Bonchev–Trinajstić information content (AvgIpc) is 2.46. The highest BCUT2D eigenvalue weighted by molar-refractivity contribution is 5.92. The Balaban J connectivity index is 2.41. The molecule has 0 spiro atoms. The Morgan fingerprint density at radius 2 is 2.05 bits per heavy atom. The summed E-state index contributed by atoms with van der Waals surface area (Å²) in [6.07, 6.45) is 2.24. The van der Waals surface area contributed by atoms with Gasteiger partial charge in [-0.2, -0.15) is 0 Å². The summed E-state index contributed by atoms with van der Waals surface area (Å²) in [7, 11) is 2.93. The van der Waals surface area contributed by atoms with Gasteiger partial charge in [0.1, 0.15) is 12.2 Å². The Bertz CT molecular complexity index is 425. The van der Waals surface area contributed by atoms with E-state index in [9.17, 15) is 4.79 Å². The topological polar surface area (TPSA) is 92.9 Å². The van der Waals surface area contributed by atoms with E-state index in [4.69, 9.17) is 19.9 Å². The van der Waals surface area contributed by atoms with Gasteiger partial charge >= 0.3 is 5.97 Å². The second-order valence-electron chi connectivity index (χ2n) is 3.92. The monoisotopic (exact) mass is 284 g/mol. The summed E-state index contributed by atoms with van der Waals surface area (Å²) in [5, 5.41) is 0. The Hall–Kier alpha value is -1.86. The van der Waals surface area contributed by atoms with Crippen LogP contribution in [0.25, 0.3) is 0 Å².